The summed E-state index contributed by atoms with van der Waals surface area (Å²) in [7, 11) is 0. The molecule has 0 radical (unpaired) electrons. The normalized spacial score (nSPS) is 15.6. The van der Waals surface area contributed by atoms with Gasteiger partial charge in [-0.05, 0) is 50.2 Å². The summed E-state index contributed by atoms with van der Waals surface area (Å²) >= 11 is 0. The van der Waals surface area contributed by atoms with Gasteiger partial charge < -0.3 is 15.2 Å². The molecule has 0 unspecified atom stereocenters. The monoisotopic (exact) mass is 367 g/mol. The number of H-pyrrole nitrogens is 1. The number of rotatable bonds is 5. The number of hydrogen-bond acceptors (Lipinski definition) is 4. The van der Waals surface area contributed by atoms with Gasteiger partial charge in [-0.15, -0.1) is 0 Å². The highest BCUT2D eigenvalue weighted by Crippen LogP contribution is 2.25. The van der Waals surface area contributed by atoms with Gasteiger partial charge in [0, 0.05) is 61.6 Å². The lowest BCUT2D eigenvalue weighted by Crippen LogP contribution is -2.46. The van der Waals surface area contributed by atoms with Crippen molar-refractivity contribution in [1.29, 1.82) is 0 Å². The van der Waals surface area contributed by atoms with Gasteiger partial charge in [0.25, 0.3) is 0 Å². The molecule has 5 nitrogen and oxygen atoms in total. The zero-order chi connectivity index (χ0) is 18.8. The van der Waals surface area contributed by atoms with Crippen LogP contribution in [0.4, 0.5) is 15.9 Å². The fourth-order valence-electron chi connectivity index (χ4n) is 3.68. The molecule has 142 valence electrons. The molecule has 3 heterocycles. The van der Waals surface area contributed by atoms with E-state index in [0.717, 1.165) is 60.8 Å². The van der Waals surface area contributed by atoms with Crippen LogP contribution in [0.25, 0.3) is 10.9 Å². The number of hydrogen-bond donors (Lipinski definition) is 2. The number of pyridine rings is 1. The van der Waals surface area contributed by atoms with E-state index in [0.29, 0.717) is 6.04 Å². The molecule has 1 saturated heterocycles. The molecule has 0 saturated carbocycles. The molecule has 0 spiro atoms. The van der Waals surface area contributed by atoms with Crippen LogP contribution in [0.3, 0.4) is 0 Å². The molecular weight excluding hydrogens is 341 g/mol. The smallest absolute Gasteiger partial charge is 0.152 e. The van der Waals surface area contributed by atoms with Crippen LogP contribution in [0.1, 0.15) is 19.5 Å². The number of aromatic nitrogens is 2. The van der Waals surface area contributed by atoms with Crippen molar-refractivity contribution in [2.45, 2.75) is 26.4 Å². The standard InChI is InChI=1S/C21H26FN5/c1-15(2)24-20-4-3-7-23-21(20)27-10-8-26(9-11-27)14-18-13-16-12-17(22)5-6-19(16)25-18/h3-7,12-13,15,24-25H,8-11,14H2,1-2H3. The van der Waals surface area contributed by atoms with Gasteiger partial charge in [-0.1, -0.05) is 0 Å². The number of piperazine rings is 1. The minimum absolute atomic E-state index is 0.192. The SMILES string of the molecule is CC(C)Nc1cccnc1N1CCN(Cc2cc3cc(F)ccc3[nH]2)CC1. The van der Waals surface area contributed by atoms with Gasteiger partial charge in [0.2, 0.25) is 0 Å². The topological polar surface area (TPSA) is 47.2 Å². The van der Waals surface area contributed by atoms with E-state index in [-0.39, 0.29) is 5.82 Å². The summed E-state index contributed by atoms with van der Waals surface area (Å²) in [5.41, 5.74) is 3.21. The predicted molar refractivity (Wildman–Crippen MR) is 109 cm³/mol. The van der Waals surface area contributed by atoms with Gasteiger partial charge in [-0.2, -0.15) is 0 Å². The highest BCUT2D eigenvalue weighted by atomic mass is 19.1. The fourth-order valence-corrected chi connectivity index (χ4v) is 3.68. The molecule has 0 amide bonds. The number of fused-ring (bicyclic) bond motifs is 1. The maximum Gasteiger partial charge on any atom is 0.152 e. The van der Waals surface area contributed by atoms with Crippen molar-refractivity contribution in [3.8, 4) is 0 Å². The fraction of sp³-hybridized carbons (Fsp3) is 0.381. The van der Waals surface area contributed by atoms with Crippen LogP contribution in [0, 0.1) is 5.82 Å². The molecule has 1 aliphatic heterocycles. The Labute approximate surface area is 159 Å². The molecule has 2 aromatic heterocycles. The first-order valence-electron chi connectivity index (χ1n) is 9.54. The van der Waals surface area contributed by atoms with Gasteiger partial charge >= 0.3 is 0 Å². The summed E-state index contributed by atoms with van der Waals surface area (Å²) in [6.07, 6.45) is 1.86. The molecule has 1 aliphatic rings. The van der Waals surface area contributed by atoms with Crippen molar-refractivity contribution in [3.63, 3.8) is 0 Å². The summed E-state index contributed by atoms with van der Waals surface area (Å²) < 4.78 is 13.4. The van der Waals surface area contributed by atoms with Crippen molar-refractivity contribution in [2.24, 2.45) is 0 Å². The number of halogens is 1. The third kappa shape index (κ3) is 4.06. The van der Waals surface area contributed by atoms with Gasteiger partial charge in [0.05, 0.1) is 5.69 Å². The Bertz CT molecular complexity index is 912. The van der Waals surface area contributed by atoms with Gasteiger partial charge in [0.1, 0.15) is 5.82 Å². The maximum atomic E-state index is 13.4. The Balaban J connectivity index is 1.40. The number of nitrogens with zero attached hydrogens (tertiary/aromatic N) is 3. The minimum Gasteiger partial charge on any atom is -0.380 e. The van der Waals surface area contributed by atoms with Crippen molar-refractivity contribution in [2.75, 3.05) is 36.4 Å². The van der Waals surface area contributed by atoms with E-state index >= 15 is 0 Å². The van der Waals surface area contributed by atoms with Crippen LogP contribution in [-0.4, -0.2) is 47.1 Å². The van der Waals surface area contributed by atoms with Crippen LogP contribution in [0.2, 0.25) is 0 Å². The maximum absolute atomic E-state index is 13.4. The summed E-state index contributed by atoms with van der Waals surface area (Å²) in [6.45, 7) is 8.96. The third-order valence-electron chi connectivity index (χ3n) is 4.94. The van der Waals surface area contributed by atoms with Gasteiger partial charge in [-0.25, -0.2) is 9.37 Å². The summed E-state index contributed by atoms with van der Waals surface area (Å²) in [5.74, 6) is 0.842. The molecule has 1 fully saturated rings. The van der Waals surface area contributed by atoms with Crippen LogP contribution >= 0.6 is 0 Å². The summed E-state index contributed by atoms with van der Waals surface area (Å²) in [4.78, 5) is 12.8. The van der Waals surface area contributed by atoms with Crippen molar-refractivity contribution in [1.82, 2.24) is 14.9 Å². The molecule has 3 aromatic rings. The number of nitrogens with one attached hydrogen (secondary N) is 2. The quantitative estimate of drug-likeness (QED) is 0.719. The Hall–Kier alpha value is -2.60. The van der Waals surface area contributed by atoms with Crippen molar-refractivity contribution >= 4 is 22.4 Å². The summed E-state index contributed by atoms with van der Waals surface area (Å²) in [5, 5.41) is 4.42. The molecule has 0 atom stereocenters. The molecule has 0 aliphatic carbocycles. The second-order valence-corrected chi connectivity index (χ2v) is 7.46. The largest absolute Gasteiger partial charge is 0.380 e. The van der Waals surface area contributed by atoms with Crippen LogP contribution in [-0.2, 0) is 6.54 Å². The Morgan fingerprint density at radius 2 is 1.96 bits per heavy atom. The lowest BCUT2D eigenvalue weighted by molar-refractivity contribution is 0.247. The molecule has 4 rings (SSSR count). The molecule has 1 aromatic carbocycles. The van der Waals surface area contributed by atoms with Gasteiger partial charge in [0.15, 0.2) is 5.82 Å². The van der Waals surface area contributed by atoms with E-state index in [1.807, 2.05) is 18.3 Å². The van der Waals surface area contributed by atoms with Crippen molar-refractivity contribution < 1.29 is 4.39 Å². The zero-order valence-corrected chi connectivity index (χ0v) is 15.9. The van der Waals surface area contributed by atoms with E-state index in [1.54, 1.807) is 12.1 Å². The number of aromatic amines is 1. The number of benzene rings is 1. The minimum atomic E-state index is -0.192. The second-order valence-electron chi connectivity index (χ2n) is 7.46. The van der Waals surface area contributed by atoms with Crippen LogP contribution in [0.5, 0.6) is 0 Å². The lowest BCUT2D eigenvalue weighted by atomic mass is 10.2. The first-order valence-corrected chi connectivity index (χ1v) is 9.54. The Morgan fingerprint density at radius 3 is 2.74 bits per heavy atom. The molecule has 6 heteroatoms. The van der Waals surface area contributed by atoms with E-state index < -0.39 is 0 Å². The molecule has 2 N–H and O–H groups in total. The van der Waals surface area contributed by atoms with Crippen LogP contribution < -0.4 is 10.2 Å². The Kier molecular flexibility index (Phi) is 4.99. The van der Waals surface area contributed by atoms with E-state index in [4.69, 9.17) is 0 Å². The average Bonchev–Trinajstić information content (AvgIpc) is 3.04. The molecule has 27 heavy (non-hydrogen) atoms. The first-order chi connectivity index (χ1) is 13.1. The third-order valence-corrected chi connectivity index (χ3v) is 4.94. The second kappa shape index (κ2) is 7.56. The average molecular weight is 367 g/mol. The Morgan fingerprint density at radius 1 is 1.15 bits per heavy atom. The molecular formula is C21H26FN5. The van der Waals surface area contributed by atoms with Crippen molar-refractivity contribution in [3.05, 3.63) is 54.1 Å². The highest BCUT2D eigenvalue weighted by molar-refractivity contribution is 5.80. The lowest BCUT2D eigenvalue weighted by Gasteiger charge is -2.36. The highest BCUT2D eigenvalue weighted by Gasteiger charge is 2.21. The zero-order valence-electron chi connectivity index (χ0n) is 15.9. The van der Waals surface area contributed by atoms with Gasteiger partial charge in [-0.3, -0.25) is 4.90 Å². The van der Waals surface area contributed by atoms with E-state index in [1.165, 1.54) is 6.07 Å². The van der Waals surface area contributed by atoms with Crippen LogP contribution in [0.15, 0.2) is 42.6 Å². The van der Waals surface area contributed by atoms with E-state index in [9.17, 15) is 4.39 Å². The predicted octanol–water partition coefficient (Wildman–Crippen LogP) is 3.84. The van der Waals surface area contributed by atoms with E-state index in [2.05, 4.69) is 45.0 Å². The number of anilines is 2. The first kappa shape index (κ1) is 17.8. The summed E-state index contributed by atoms with van der Waals surface area (Å²) in [6, 6.07) is 11.4. The molecule has 0 bridgehead atoms.